The molecule has 0 atom stereocenters. The molecule has 9 nitrogen and oxygen atoms in total. The summed E-state index contributed by atoms with van der Waals surface area (Å²) in [6, 6.07) is 3.90. The Kier molecular flexibility index (Phi) is 4.50. The van der Waals surface area contributed by atoms with Crippen LogP contribution in [0.25, 0.3) is 22.4 Å². The van der Waals surface area contributed by atoms with Crippen LogP contribution in [0.3, 0.4) is 0 Å². The van der Waals surface area contributed by atoms with Gasteiger partial charge in [-0.25, -0.2) is 19.9 Å². The minimum absolute atomic E-state index is 0.719. The molecule has 30 heavy (non-hydrogen) atoms. The molecule has 4 aromatic rings. The van der Waals surface area contributed by atoms with E-state index in [4.69, 9.17) is 4.98 Å². The van der Waals surface area contributed by atoms with Crippen LogP contribution in [0.5, 0.6) is 0 Å². The molecule has 5 rings (SSSR count). The lowest BCUT2D eigenvalue weighted by Gasteiger charge is -2.37. The highest BCUT2D eigenvalue weighted by Crippen LogP contribution is 2.27. The van der Waals surface area contributed by atoms with E-state index in [0.717, 1.165) is 71.5 Å². The van der Waals surface area contributed by atoms with E-state index in [0.29, 0.717) is 0 Å². The Balaban J connectivity index is 1.41. The quantitative estimate of drug-likeness (QED) is 0.516. The molecule has 0 spiro atoms. The highest BCUT2D eigenvalue weighted by Gasteiger charge is 2.24. The molecule has 1 fully saturated rings. The minimum Gasteiger partial charge on any atom is -0.353 e. The lowest BCUT2D eigenvalue weighted by molar-refractivity contribution is 0.640. The molecule has 5 heterocycles. The molecular weight excluding hydrogens is 378 g/mol. The molecule has 0 saturated carbocycles. The number of hydrogen-bond donors (Lipinski definition) is 0. The Morgan fingerprint density at radius 3 is 2.40 bits per heavy atom. The normalized spacial score (nSPS) is 14.5. The zero-order valence-electron chi connectivity index (χ0n) is 17.3. The molecule has 0 unspecified atom stereocenters. The van der Waals surface area contributed by atoms with Gasteiger partial charge in [-0.2, -0.15) is 5.10 Å². The predicted molar refractivity (Wildman–Crippen MR) is 115 cm³/mol. The molecule has 1 saturated heterocycles. The van der Waals surface area contributed by atoms with Crippen molar-refractivity contribution in [2.45, 2.75) is 13.8 Å². The highest BCUT2D eigenvalue weighted by molar-refractivity contribution is 5.86. The molecule has 1 aliphatic rings. The molecule has 4 aromatic heterocycles. The van der Waals surface area contributed by atoms with Gasteiger partial charge in [0.25, 0.3) is 0 Å². The first kappa shape index (κ1) is 18.4. The summed E-state index contributed by atoms with van der Waals surface area (Å²) >= 11 is 0. The van der Waals surface area contributed by atoms with E-state index < -0.39 is 0 Å². The summed E-state index contributed by atoms with van der Waals surface area (Å²) in [6.45, 7) is 7.55. The van der Waals surface area contributed by atoms with Gasteiger partial charge in [0.1, 0.15) is 18.0 Å². The zero-order chi connectivity index (χ0) is 20.7. The number of pyridine rings is 1. The SMILES string of the molecule is Cc1nc(-c2cccnc2)nc(N2CCN(c3ncnc4c3cnn4C)CC2)c1C. The Bertz CT molecular complexity index is 1190. The van der Waals surface area contributed by atoms with E-state index in [1.807, 2.05) is 32.3 Å². The third-order valence-corrected chi connectivity index (χ3v) is 5.67. The van der Waals surface area contributed by atoms with Gasteiger partial charge in [-0.1, -0.05) is 0 Å². The fraction of sp³-hybridized carbons (Fsp3) is 0.333. The smallest absolute Gasteiger partial charge is 0.163 e. The van der Waals surface area contributed by atoms with Gasteiger partial charge in [0.2, 0.25) is 0 Å². The first-order valence-electron chi connectivity index (χ1n) is 10.00. The Morgan fingerprint density at radius 2 is 1.67 bits per heavy atom. The van der Waals surface area contributed by atoms with Gasteiger partial charge in [-0.05, 0) is 26.0 Å². The van der Waals surface area contributed by atoms with E-state index in [1.54, 1.807) is 23.4 Å². The molecule has 9 heteroatoms. The number of hydrogen-bond acceptors (Lipinski definition) is 8. The van der Waals surface area contributed by atoms with Gasteiger partial charge in [0.15, 0.2) is 11.5 Å². The molecule has 0 bridgehead atoms. The Hall–Kier alpha value is -3.62. The molecule has 0 aliphatic carbocycles. The number of aryl methyl sites for hydroxylation is 2. The third kappa shape index (κ3) is 3.12. The molecule has 0 N–H and O–H groups in total. The second-order valence-electron chi connectivity index (χ2n) is 7.50. The van der Waals surface area contributed by atoms with Crippen molar-refractivity contribution in [2.75, 3.05) is 36.0 Å². The molecule has 152 valence electrons. The van der Waals surface area contributed by atoms with E-state index in [1.165, 1.54) is 0 Å². The van der Waals surface area contributed by atoms with E-state index in [-0.39, 0.29) is 0 Å². The van der Waals surface area contributed by atoms with Crippen LogP contribution in [0.4, 0.5) is 11.6 Å². The van der Waals surface area contributed by atoms with Crippen LogP contribution in [0.1, 0.15) is 11.3 Å². The average molecular weight is 401 g/mol. The van der Waals surface area contributed by atoms with Gasteiger partial charge >= 0.3 is 0 Å². The molecule has 0 radical (unpaired) electrons. The van der Waals surface area contributed by atoms with Crippen molar-refractivity contribution in [1.29, 1.82) is 0 Å². The first-order valence-corrected chi connectivity index (χ1v) is 10.00. The van der Waals surface area contributed by atoms with Crippen molar-refractivity contribution >= 4 is 22.7 Å². The monoisotopic (exact) mass is 401 g/mol. The number of nitrogens with zero attached hydrogens (tertiary/aromatic N) is 9. The molecular formula is C21H23N9. The number of aromatic nitrogens is 7. The summed E-state index contributed by atoms with van der Waals surface area (Å²) in [7, 11) is 1.90. The summed E-state index contributed by atoms with van der Waals surface area (Å²) in [5, 5.41) is 5.32. The minimum atomic E-state index is 0.719. The van der Waals surface area contributed by atoms with Crippen molar-refractivity contribution in [2.24, 2.45) is 7.05 Å². The Morgan fingerprint density at radius 1 is 0.900 bits per heavy atom. The summed E-state index contributed by atoms with van der Waals surface area (Å²) in [6.07, 6.45) is 7.02. The maximum atomic E-state index is 4.90. The van der Waals surface area contributed by atoms with Gasteiger partial charge in [-0.3, -0.25) is 9.67 Å². The average Bonchev–Trinajstić information content (AvgIpc) is 3.17. The van der Waals surface area contributed by atoms with Crippen molar-refractivity contribution < 1.29 is 0 Å². The second-order valence-corrected chi connectivity index (χ2v) is 7.50. The lowest BCUT2D eigenvalue weighted by atomic mass is 10.2. The zero-order valence-corrected chi connectivity index (χ0v) is 17.3. The second kappa shape index (κ2) is 7.33. The number of piperazine rings is 1. The standard InChI is InChI=1S/C21H23N9/c1-14-15(2)26-18(16-5-4-6-22-11-16)27-19(14)29-7-9-30(10-8-29)21-17-12-25-28(3)20(17)23-13-24-21/h4-6,11-13H,7-10H2,1-3H3. The fourth-order valence-electron chi connectivity index (χ4n) is 3.88. The van der Waals surface area contributed by atoms with Crippen LogP contribution < -0.4 is 9.80 Å². The summed E-state index contributed by atoms with van der Waals surface area (Å²) in [5.41, 5.74) is 3.90. The van der Waals surface area contributed by atoms with Crippen LogP contribution in [-0.2, 0) is 7.05 Å². The molecule has 1 aliphatic heterocycles. The summed E-state index contributed by atoms with van der Waals surface area (Å²) in [4.78, 5) is 27.3. The number of anilines is 2. The number of fused-ring (bicyclic) bond motifs is 1. The van der Waals surface area contributed by atoms with E-state index >= 15 is 0 Å². The van der Waals surface area contributed by atoms with Crippen molar-refractivity contribution in [3.05, 3.63) is 48.3 Å². The van der Waals surface area contributed by atoms with Crippen LogP contribution in [0.15, 0.2) is 37.1 Å². The Labute approximate surface area is 174 Å². The van der Waals surface area contributed by atoms with Gasteiger partial charge in [-0.15, -0.1) is 0 Å². The van der Waals surface area contributed by atoms with Crippen molar-refractivity contribution in [3.63, 3.8) is 0 Å². The lowest BCUT2D eigenvalue weighted by Crippen LogP contribution is -2.47. The number of rotatable bonds is 3. The molecule has 0 amide bonds. The van der Waals surface area contributed by atoms with Crippen molar-refractivity contribution in [1.82, 2.24) is 34.7 Å². The van der Waals surface area contributed by atoms with Crippen molar-refractivity contribution in [3.8, 4) is 11.4 Å². The van der Waals surface area contributed by atoms with Gasteiger partial charge in [0, 0.05) is 62.4 Å². The summed E-state index contributed by atoms with van der Waals surface area (Å²) < 4.78 is 1.78. The van der Waals surface area contributed by atoms with Gasteiger partial charge in [0.05, 0.1) is 11.6 Å². The fourth-order valence-corrected chi connectivity index (χ4v) is 3.88. The van der Waals surface area contributed by atoms with E-state index in [2.05, 4.69) is 41.8 Å². The highest BCUT2D eigenvalue weighted by atomic mass is 15.3. The van der Waals surface area contributed by atoms with Crippen LogP contribution in [0.2, 0.25) is 0 Å². The van der Waals surface area contributed by atoms with Crippen LogP contribution in [0, 0.1) is 13.8 Å². The molecule has 0 aromatic carbocycles. The maximum Gasteiger partial charge on any atom is 0.163 e. The van der Waals surface area contributed by atoms with Crippen LogP contribution in [-0.4, -0.2) is 60.9 Å². The third-order valence-electron chi connectivity index (χ3n) is 5.67. The van der Waals surface area contributed by atoms with Crippen LogP contribution >= 0.6 is 0 Å². The topological polar surface area (TPSA) is 88.8 Å². The van der Waals surface area contributed by atoms with Gasteiger partial charge < -0.3 is 9.80 Å². The summed E-state index contributed by atoms with van der Waals surface area (Å²) in [5.74, 6) is 2.66. The first-order chi connectivity index (χ1) is 14.6. The largest absolute Gasteiger partial charge is 0.353 e. The van der Waals surface area contributed by atoms with E-state index in [9.17, 15) is 0 Å². The maximum absolute atomic E-state index is 4.90. The predicted octanol–water partition coefficient (Wildman–Crippen LogP) is 2.16.